The van der Waals surface area contributed by atoms with Crippen molar-refractivity contribution in [2.45, 2.75) is 12.3 Å². The Balaban J connectivity index is 0.957. The predicted molar refractivity (Wildman–Crippen MR) is 262 cm³/mol. The number of furan rings is 1. The summed E-state index contributed by atoms with van der Waals surface area (Å²) in [7, 11) is 0. The van der Waals surface area contributed by atoms with Crippen LogP contribution in [0.3, 0.4) is 0 Å². The van der Waals surface area contributed by atoms with Gasteiger partial charge in [0.25, 0.3) is 0 Å². The standard InChI is InChI=1S/C60H40N2O/c1-38(40-17-5-3-6-18-40)61-59(41-19-7-4-8-20-41)62-39(2)46-26-16-30-57-58(46)51-36-44(32-34-56(51)63-57)42-21-15-22-43(35-42)45-31-33-50-49-25-11-14-29-54(49)60(55(50)37-45)52-27-12-9-23-47(52)48-24-10-13-28-53(48)60/h3-37H,1H2,2H3. The molecule has 63 heavy (non-hydrogen) atoms. The van der Waals surface area contributed by atoms with Gasteiger partial charge < -0.3 is 4.42 Å². The maximum atomic E-state index is 6.50. The molecule has 9 aromatic carbocycles. The smallest absolute Gasteiger partial charge is 0.160 e. The van der Waals surface area contributed by atoms with Crippen molar-refractivity contribution < 1.29 is 4.42 Å². The van der Waals surface area contributed by atoms with E-state index in [1.165, 1.54) is 55.6 Å². The van der Waals surface area contributed by atoms with E-state index in [0.29, 0.717) is 11.5 Å². The molecule has 2 aliphatic carbocycles. The molecule has 0 radical (unpaired) electrons. The van der Waals surface area contributed by atoms with Crippen LogP contribution in [0.15, 0.2) is 233 Å². The minimum atomic E-state index is -0.386. The zero-order valence-electron chi connectivity index (χ0n) is 34.7. The molecule has 3 nitrogen and oxygen atoms in total. The first-order chi connectivity index (χ1) is 31.1. The van der Waals surface area contributed by atoms with Gasteiger partial charge in [0.15, 0.2) is 5.84 Å². The lowest BCUT2D eigenvalue weighted by Gasteiger charge is -2.30. The monoisotopic (exact) mass is 804 g/mol. The largest absolute Gasteiger partial charge is 0.456 e. The van der Waals surface area contributed by atoms with Crippen LogP contribution in [0.4, 0.5) is 0 Å². The molecule has 1 heterocycles. The molecule has 0 fully saturated rings. The van der Waals surface area contributed by atoms with E-state index in [4.69, 9.17) is 14.4 Å². The summed E-state index contributed by atoms with van der Waals surface area (Å²) in [5.74, 6) is 0.604. The lowest BCUT2D eigenvalue weighted by atomic mass is 9.70. The van der Waals surface area contributed by atoms with Crippen LogP contribution in [0.25, 0.3) is 72.1 Å². The second kappa shape index (κ2) is 14.5. The van der Waals surface area contributed by atoms with Crippen molar-refractivity contribution >= 4 is 39.2 Å². The van der Waals surface area contributed by atoms with Gasteiger partial charge in [0.2, 0.25) is 0 Å². The van der Waals surface area contributed by atoms with Gasteiger partial charge in [-0.1, -0.05) is 189 Å². The summed E-state index contributed by atoms with van der Waals surface area (Å²) in [5, 5.41) is 2.07. The first kappa shape index (κ1) is 36.7. The quantitative estimate of drug-likeness (QED) is 0.122. The molecule has 0 saturated heterocycles. The number of hydrogen-bond donors (Lipinski definition) is 0. The molecule has 1 spiro atoms. The molecule has 10 aromatic rings. The van der Waals surface area contributed by atoms with Gasteiger partial charge in [0.05, 0.1) is 11.1 Å². The highest BCUT2D eigenvalue weighted by Gasteiger charge is 2.51. The molecule has 0 bridgehead atoms. The second-order valence-electron chi connectivity index (χ2n) is 16.5. The van der Waals surface area contributed by atoms with Crippen LogP contribution in [0.5, 0.6) is 0 Å². The van der Waals surface area contributed by atoms with Crippen LogP contribution >= 0.6 is 0 Å². The summed E-state index contributed by atoms with van der Waals surface area (Å²) in [6, 6.07) is 75.8. The molecule has 0 atom stereocenters. The molecule has 0 amide bonds. The molecule has 0 saturated carbocycles. The maximum absolute atomic E-state index is 6.50. The molecule has 12 rings (SSSR count). The SMILES string of the molecule is C=C(N=C(N=C(C)c1cccc2oc3ccc(-c4cccc(-c5ccc6c(c5)C5(c7ccccc7-c7ccccc75)c5ccccc5-6)c4)cc3c12)c1ccccc1)c1ccccc1. The predicted octanol–water partition coefficient (Wildman–Crippen LogP) is 15.2. The van der Waals surface area contributed by atoms with Crippen LogP contribution in [-0.4, -0.2) is 11.5 Å². The van der Waals surface area contributed by atoms with Crippen molar-refractivity contribution in [1.29, 1.82) is 0 Å². The number of amidine groups is 1. The molecule has 0 aliphatic heterocycles. The van der Waals surface area contributed by atoms with E-state index in [2.05, 4.69) is 146 Å². The Morgan fingerprint density at radius 3 is 1.60 bits per heavy atom. The molecule has 1 aromatic heterocycles. The Bertz CT molecular complexity index is 3470. The molecular weight excluding hydrogens is 765 g/mol. The van der Waals surface area contributed by atoms with Crippen molar-refractivity contribution in [2.24, 2.45) is 9.98 Å². The minimum Gasteiger partial charge on any atom is -0.456 e. The van der Waals surface area contributed by atoms with Gasteiger partial charge >= 0.3 is 0 Å². The van der Waals surface area contributed by atoms with Gasteiger partial charge in [-0.05, 0) is 110 Å². The number of aliphatic imine (C=N–C) groups is 2. The minimum absolute atomic E-state index is 0.386. The summed E-state index contributed by atoms with van der Waals surface area (Å²) in [4.78, 5) is 10.2. The average molecular weight is 805 g/mol. The van der Waals surface area contributed by atoms with E-state index in [9.17, 15) is 0 Å². The van der Waals surface area contributed by atoms with E-state index in [1.807, 2.05) is 79.7 Å². The summed E-state index contributed by atoms with van der Waals surface area (Å²) >= 11 is 0. The fraction of sp³-hybridized carbons (Fsp3) is 0.0333. The third kappa shape index (κ3) is 5.74. The van der Waals surface area contributed by atoms with Crippen LogP contribution in [0.2, 0.25) is 0 Å². The van der Waals surface area contributed by atoms with Crippen LogP contribution < -0.4 is 0 Å². The summed E-state index contributed by atoms with van der Waals surface area (Å²) in [5.41, 5.74) is 20.9. The lowest BCUT2D eigenvalue weighted by molar-refractivity contribution is 0.669. The number of rotatable bonds is 6. The number of nitrogens with zero attached hydrogens (tertiary/aromatic N) is 2. The van der Waals surface area contributed by atoms with E-state index in [1.54, 1.807) is 0 Å². The van der Waals surface area contributed by atoms with Crippen LogP contribution in [0.1, 0.15) is 45.9 Å². The highest BCUT2D eigenvalue weighted by atomic mass is 16.3. The van der Waals surface area contributed by atoms with Gasteiger partial charge in [0.1, 0.15) is 11.2 Å². The average Bonchev–Trinajstić information content (AvgIpc) is 3.98. The Hall–Kier alpha value is -8.14. The second-order valence-corrected chi connectivity index (χ2v) is 16.5. The summed E-state index contributed by atoms with van der Waals surface area (Å²) < 4.78 is 6.50. The number of fused-ring (bicyclic) bond motifs is 13. The Morgan fingerprint density at radius 1 is 0.429 bits per heavy atom. The lowest BCUT2D eigenvalue weighted by Crippen LogP contribution is -2.25. The zero-order valence-corrected chi connectivity index (χ0v) is 34.7. The van der Waals surface area contributed by atoms with E-state index in [-0.39, 0.29) is 5.41 Å². The third-order valence-corrected chi connectivity index (χ3v) is 13.1. The molecule has 296 valence electrons. The van der Waals surface area contributed by atoms with Gasteiger partial charge in [-0.25, -0.2) is 9.98 Å². The van der Waals surface area contributed by atoms with Crippen molar-refractivity contribution in [3.63, 3.8) is 0 Å². The van der Waals surface area contributed by atoms with Gasteiger partial charge in [-0.2, -0.15) is 0 Å². The van der Waals surface area contributed by atoms with Crippen molar-refractivity contribution in [1.82, 2.24) is 0 Å². The van der Waals surface area contributed by atoms with E-state index in [0.717, 1.165) is 55.5 Å². The van der Waals surface area contributed by atoms with E-state index < -0.39 is 0 Å². The van der Waals surface area contributed by atoms with E-state index >= 15 is 0 Å². The Kier molecular flexibility index (Phi) is 8.45. The normalized spacial score (nSPS) is 13.5. The molecular formula is C60H40N2O. The first-order valence-electron chi connectivity index (χ1n) is 21.5. The van der Waals surface area contributed by atoms with Gasteiger partial charge in [-0.15, -0.1) is 0 Å². The highest BCUT2D eigenvalue weighted by molar-refractivity contribution is 6.21. The topological polar surface area (TPSA) is 37.9 Å². The van der Waals surface area contributed by atoms with Crippen molar-refractivity contribution in [3.8, 4) is 44.5 Å². The maximum Gasteiger partial charge on any atom is 0.160 e. The Morgan fingerprint density at radius 2 is 0.952 bits per heavy atom. The number of hydrogen-bond acceptors (Lipinski definition) is 2. The van der Waals surface area contributed by atoms with Crippen LogP contribution in [-0.2, 0) is 5.41 Å². The van der Waals surface area contributed by atoms with Gasteiger partial charge in [-0.3, -0.25) is 0 Å². The van der Waals surface area contributed by atoms with Crippen molar-refractivity contribution in [2.75, 3.05) is 0 Å². The summed E-state index contributed by atoms with van der Waals surface area (Å²) in [6.07, 6.45) is 0. The fourth-order valence-corrected chi connectivity index (χ4v) is 10.2. The zero-order chi connectivity index (χ0) is 42.1. The molecule has 3 heteroatoms. The number of benzene rings is 9. The molecule has 2 aliphatic rings. The first-order valence-corrected chi connectivity index (χ1v) is 21.5. The van der Waals surface area contributed by atoms with Gasteiger partial charge in [0, 0.05) is 27.6 Å². The highest BCUT2D eigenvalue weighted by Crippen LogP contribution is 2.63. The van der Waals surface area contributed by atoms with Crippen LogP contribution in [0, 0.1) is 0 Å². The fourth-order valence-electron chi connectivity index (χ4n) is 10.2. The van der Waals surface area contributed by atoms with Crippen molar-refractivity contribution in [3.05, 3.63) is 258 Å². The summed E-state index contributed by atoms with van der Waals surface area (Å²) in [6.45, 7) is 6.35. The third-order valence-electron chi connectivity index (χ3n) is 13.1. The Labute approximate surface area is 366 Å². The molecule has 0 unspecified atom stereocenters. The molecule has 0 N–H and O–H groups in total.